The van der Waals surface area contributed by atoms with Crippen LogP contribution in [-0.4, -0.2) is 15.8 Å². The predicted molar refractivity (Wildman–Crippen MR) is 60.3 cm³/mol. The van der Waals surface area contributed by atoms with Gasteiger partial charge in [0.2, 0.25) is 0 Å². The Kier molecular flexibility index (Phi) is 4.52. The highest BCUT2D eigenvalue weighted by atomic mass is 35.5. The third-order valence-corrected chi connectivity index (χ3v) is 2.29. The fourth-order valence-electron chi connectivity index (χ4n) is 0.966. The Balaban J connectivity index is 2.99. The highest BCUT2D eigenvalue weighted by molar-refractivity contribution is 6.34. The topological polar surface area (TPSA) is 56.0 Å². The number of aromatic nitrogens is 1. The molecule has 0 amide bonds. The lowest BCUT2D eigenvalue weighted by molar-refractivity contribution is -0.385. The van der Waals surface area contributed by atoms with Gasteiger partial charge in [-0.25, -0.2) is 0 Å². The highest BCUT2D eigenvalue weighted by Crippen LogP contribution is 2.27. The van der Waals surface area contributed by atoms with E-state index in [2.05, 4.69) is 4.98 Å². The minimum atomic E-state index is -0.561. The molecule has 0 unspecified atom stereocenters. The molecule has 0 aliphatic carbocycles. The normalized spacial score (nSPS) is 10.8. The van der Waals surface area contributed by atoms with Crippen molar-refractivity contribution in [2.75, 3.05) is 5.88 Å². The molecule has 80 valence electrons. The Hall–Kier alpha value is -1.13. The van der Waals surface area contributed by atoms with Crippen LogP contribution >= 0.6 is 23.2 Å². The van der Waals surface area contributed by atoms with Crippen molar-refractivity contribution in [3.63, 3.8) is 0 Å². The van der Waals surface area contributed by atoms with Gasteiger partial charge in [-0.2, -0.15) is 0 Å². The second-order valence-electron chi connectivity index (χ2n) is 2.70. The molecule has 1 heterocycles. The number of hydrogen-bond acceptors (Lipinski definition) is 3. The van der Waals surface area contributed by atoms with Gasteiger partial charge in [-0.05, 0) is 6.42 Å². The Bertz CT molecular complexity index is 394. The van der Waals surface area contributed by atoms with Gasteiger partial charge in [-0.3, -0.25) is 15.1 Å². The summed E-state index contributed by atoms with van der Waals surface area (Å²) in [5.74, 6) is 0.497. The van der Waals surface area contributed by atoms with E-state index in [-0.39, 0.29) is 10.7 Å². The molecule has 4 nitrogen and oxygen atoms in total. The number of rotatable bonds is 4. The smallest absolute Gasteiger partial charge is 0.258 e. The first-order valence-electron chi connectivity index (χ1n) is 4.17. The van der Waals surface area contributed by atoms with Crippen LogP contribution in [0.2, 0.25) is 5.02 Å². The van der Waals surface area contributed by atoms with Crippen molar-refractivity contribution in [3.05, 3.63) is 39.2 Å². The molecule has 6 heteroatoms. The van der Waals surface area contributed by atoms with Crippen molar-refractivity contribution in [1.82, 2.24) is 4.98 Å². The standard InChI is InChI=1S/C9H8Cl2N2O2/c10-4-2-1-3-7-5-12-6-8(9(7)11)13(14)15/h1,3,5-6H,2,4H2. The second-order valence-corrected chi connectivity index (χ2v) is 3.45. The maximum Gasteiger partial charge on any atom is 0.306 e. The molecule has 0 N–H and O–H groups in total. The lowest BCUT2D eigenvalue weighted by Crippen LogP contribution is -1.92. The second kappa shape index (κ2) is 5.68. The molecule has 0 radical (unpaired) electrons. The van der Waals surface area contributed by atoms with E-state index in [9.17, 15) is 10.1 Å². The summed E-state index contributed by atoms with van der Waals surface area (Å²) in [5, 5.41) is 10.6. The van der Waals surface area contributed by atoms with E-state index in [1.54, 1.807) is 12.2 Å². The summed E-state index contributed by atoms with van der Waals surface area (Å²) < 4.78 is 0. The van der Waals surface area contributed by atoms with Crippen LogP contribution in [0.3, 0.4) is 0 Å². The molecule has 1 aromatic rings. The molecule has 0 fully saturated rings. The average Bonchev–Trinajstić information content (AvgIpc) is 2.20. The zero-order valence-electron chi connectivity index (χ0n) is 7.69. The summed E-state index contributed by atoms with van der Waals surface area (Å²) in [7, 11) is 0. The van der Waals surface area contributed by atoms with Gasteiger partial charge in [-0.1, -0.05) is 23.8 Å². The van der Waals surface area contributed by atoms with Crippen LogP contribution in [-0.2, 0) is 0 Å². The van der Waals surface area contributed by atoms with Crippen LogP contribution in [0.15, 0.2) is 18.5 Å². The molecule has 1 aromatic heterocycles. The molecular weight excluding hydrogens is 239 g/mol. The summed E-state index contributed by atoms with van der Waals surface area (Å²) in [4.78, 5) is 13.7. The first-order valence-corrected chi connectivity index (χ1v) is 5.08. The zero-order valence-corrected chi connectivity index (χ0v) is 9.20. The highest BCUT2D eigenvalue weighted by Gasteiger charge is 2.14. The lowest BCUT2D eigenvalue weighted by Gasteiger charge is -1.98. The van der Waals surface area contributed by atoms with Crippen molar-refractivity contribution in [2.24, 2.45) is 0 Å². The maximum atomic E-state index is 10.5. The Morgan fingerprint density at radius 3 is 2.87 bits per heavy atom. The Labute approximate surface area is 96.7 Å². The van der Waals surface area contributed by atoms with E-state index in [0.29, 0.717) is 17.9 Å². The van der Waals surface area contributed by atoms with E-state index in [1.807, 2.05) is 0 Å². The van der Waals surface area contributed by atoms with E-state index in [1.165, 1.54) is 6.20 Å². The SMILES string of the molecule is O=[N+]([O-])c1cncc(C=CCCCl)c1Cl. The van der Waals surface area contributed by atoms with E-state index >= 15 is 0 Å². The van der Waals surface area contributed by atoms with E-state index in [4.69, 9.17) is 23.2 Å². The quantitative estimate of drug-likeness (QED) is 0.466. The molecule has 0 saturated carbocycles. The number of alkyl halides is 1. The molecule has 1 rings (SSSR count). The summed E-state index contributed by atoms with van der Waals surface area (Å²) in [6, 6.07) is 0. The van der Waals surface area contributed by atoms with Crippen LogP contribution in [0, 0.1) is 10.1 Å². The Morgan fingerprint density at radius 1 is 1.53 bits per heavy atom. The van der Waals surface area contributed by atoms with Crippen LogP contribution in [0.25, 0.3) is 6.08 Å². The first-order chi connectivity index (χ1) is 7.16. The third-order valence-electron chi connectivity index (χ3n) is 1.66. The fourth-order valence-corrected chi connectivity index (χ4v) is 1.32. The summed E-state index contributed by atoms with van der Waals surface area (Å²) in [6.45, 7) is 0. The van der Waals surface area contributed by atoms with Crippen LogP contribution in [0.5, 0.6) is 0 Å². The monoisotopic (exact) mass is 246 g/mol. The van der Waals surface area contributed by atoms with Gasteiger partial charge in [0.15, 0.2) is 0 Å². The van der Waals surface area contributed by atoms with Gasteiger partial charge in [0.1, 0.15) is 11.2 Å². The molecule has 0 bridgehead atoms. The van der Waals surface area contributed by atoms with Gasteiger partial charge >= 0.3 is 5.69 Å². The van der Waals surface area contributed by atoms with E-state index < -0.39 is 4.92 Å². The average molecular weight is 247 g/mol. The fraction of sp³-hybridized carbons (Fsp3) is 0.222. The van der Waals surface area contributed by atoms with Gasteiger partial charge < -0.3 is 0 Å². The van der Waals surface area contributed by atoms with Crippen LogP contribution in [0.4, 0.5) is 5.69 Å². The number of allylic oxidation sites excluding steroid dienone is 1. The number of nitro groups is 1. The summed E-state index contributed by atoms with van der Waals surface area (Å²) >= 11 is 11.3. The largest absolute Gasteiger partial charge is 0.306 e. The van der Waals surface area contributed by atoms with Crippen molar-refractivity contribution in [2.45, 2.75) is 6.42 Å². The summed E-state index contributed by atoms with van der Waals surface area (Å²) in [5.41, 5.74) is 0.334. The number of pyridine rings is 1. The maximum absolute atomic E-state index is 10.5. The van der Waals surface area contributed by atoms with Crippen molar-refractivity contribution >= 4 is 35.0 Å². The molecule has 0 aromatic carbocycles. The van der Waals surface area contributed by atoms with Gasteiger partial charge in [0, 0.05) is 17.6 Å². The molecule has 0 spiro atoms. The van der Waals surface area contributed by atoms with Crippen molar-refractivity contribution < 1.29 is 4.92 Å². The minimum Gasteiger partial charge on any atom is -0.258 e. The zero-order chi connectivity index (χ0) is 11.3. The minimum absolute atomic E-state index is 0.0980. The van der Waals surface area contributed by atoms with E-state index in [0.717, 1.165) is 6.20 Å². The molecule has 0 aliphatic heterocycles. The third kappa shape index (κ3) is 3.18. The number of hydrogen-bond donors (Lipinski definition) is 0. The van der Waals surface area contributed by atoms with Gasteiger partial charge in [0.05, 0.1) is 4.92 Å². The van der Waals surface area contributed by atoms with Crippen LogP contribution < -0.4 is 0 Å². The summed E-state index contributed by atoms with van der Waals surface area (Å²) in [6.07, 6.45) is 6.74. The molecule has 15 heavy (non-hydrogen) atoms. The van der Waals surface area contributed by atoms with Gasteiger partial charge in [-0.15, -0.1) is 11.6 Å². The van der Waals surface area contributed by atoms with Crippen molar-refractivity contribution in [3.8, 4) is 0 Å². The lowest BCUT2D eigenvalue weighted by atomic mass is 10.2. The molecular formula is C9H8Cl2N2O2. The number of halogens is 2. The van der Waals surface area contributed by atoms with Crippen LogP contribution in [0.1, 0.15) is 12.0 Å². The number of nitrogens with zero attached hydrogens (tertiary/aromatic N) is 2. The molecule has 0 saturated heterocycles. The molecule has 0 atom stereocenters. The Morgan fingerprint density at radius 2 is 2.27 bits per heavy atom. The first kappa shape index (κ1) is 11.9. The molecule has 0 aliphatic rings. The van der Waals surface area contributed by atoms with Crippen molar-refractivity contribution in [1.29, 1.82) is 0 Å². The predicted octanol–water partition coefficient (Wildman–Crippen LogP) is 3.29. The van der Waals surface area contributed by atoms with Gasteiger partial charge in [0.25, 0.3) is 0 Å².